The van der Waals surface area contributed by atoms with E-state index < -0.39 is 0 Å². The molecular formula is C13H17NO3. The highest BCUT2D eigenvalue weighted by atomic mass is 16.5. The molecule has 0 spiro atoms. The fourth-order valence-corrected chi connectivity index (χ4v) is 1.95. The van der Waals surface area contributed by atoms with Crippen molar-refractivity contribution in [3.63, 3.8) is 0 Å². The summed E-state index contributed by atoms with van der Waals surface area (Å²) in [5.41, 5.74) is 0.853. The highest BCUT2D eigenvalue weighted by Crippen LogP contribution is 2.33. The SMILES string of the molecule is COCCC(=O)N1CC(C)Oc2ccccc21. The molecule has 0 N–H and O–H groups in total. The van der Waals surface area contributed by atoms with Gasteiger partial charge in [0.05, 0.1) is 25.3 Å². The van der Waals surface area contributed by atoms with E-state index in [0.29, 0.717) is 19.6 Å². The van der Waals surface area contributed by atoms with E-state index in [0.717, 1.165) is 11.4 Å². The lowest BCUT2D eigenvalue weighted by atomic mass is 10.2. The molecule has 2 rings (SSSR count). The van der Waals surface area contributed by atoms with Gasteiger partial charge < -0.3 is 14.4 Å². The molecule has 0 aliphatic carbocycles. The van der Waals surface area contributed by atoms with E-state index in [4.69, 9.17) is 9.47 Å². The summed E-state index contributed by atoms with van der Waals surface area (Å²) in [4.78, 5) is 13.8. The average molecular weight is 235 g/mol. The number of carbonyl (C=O) groups is 1. The van der Waals surface area contributed by atoms with Crippen LogP contribution in [0.4, 0.5) is 5.69 Å². The van der Waals surface area contributed by atoms with Crippen molar-refractivity contribution in [3.05, 3.63) is 24.3 Å². The molecule has 1 atom stereocenters. The Hall–Kier alpha value is -1.55. The molecule has 0 radical (unpaired) electrons. The van der Waals surface area contributed by atoms with Crippen LogP contribution in [0.3, 0.4) is 0 Å². The van der Waals surface area contributed by atoms with Crippen molar-refractivity contribution in [2.45, 2.75) is 19.4 Å². The summed E-state index contributed by atoms with van der Waals surface area (Å²) >= 11 is 0. The first kappa shape index (κ1) is 11.9. The maximum Gasteiger partial charge on any atom is 0.229 e. The van der Waals surface area contributed by atoms with Crippen LogP contribution < -0.4 is 9.64 Å². The molecule has 1 unspecified atom stereocenters. The van der Waals surface area contributed by atoms with Gasteiger partial charge in [-0.15, -0.1) is 0 Å². The van der Waals surface area contributed by atoms with Crippen LogP contribution in [0.15, 0.2) is 24.3 Å². The smallest absolute Gasteiger partial charge is 0.229 e. The summed E-state index contributed by atoms with van der Waals surface area (Å²) < 4.78 is 10.6. The Morgan fingerprint density at radius 3 is 3.06 bits per heavy atom. The molecule has 1 heterocycles. The molecular weight excluding hydrogens is 218 g/mol. The van der Waals surface area contributed by atoms with E-state index in [1.807, 2.05) is 31.2 Å². The summed E-state index contributed by atoms with van der Waals surface area (Å²) in [6.45, 7) is 3.01. The van der Waals surface area contributed by atoms with Gasteiger partial charge >= 0.3 is 0 Å². The molecule has 4 heteroatoms. The number of hydrogen-bond donors (Lipinski definition) is 0. The first-order chi connectivity index (χ1) is 8.22. The van der Waals surface area contributed by atoms with Crippen LogP contribution in [0.2, 0.25) is 0 Å². The second-order valence-corrected chi connectivity index (χ2v) is 4.14. The molecule has 0 aromatic heterocycles. The zero-order chi connectivity index (χ0) is 12.3. The topological polar surface area (TPSA) is 38.8 Å². The third-order valence-corrected chi connectivity index (χ3v) is 2.74. The number of carbonyl (C=O) groups excluding carboxylic acids is 1. The summed E-state index contributed by atoms with van der Waals surface area (Å²) in [7, 11) is 1.60. The fraction of sp³-hybridized carbons (Fsp3) is 0.462. The van der Waals surface area contributed by atoms with Crippen molar-refractivity contribution in [1.82, 2.24) is 0 Å². The average Bonchev–Trinajstić information content (AvgIpc) is 2.34. The van der Waals surface area contributed by atoms with Crippen LogP contribution in [0.1, 0.15) is 13.3 Å². The predicted octanol–water partition coefficient (Wildman–Crippen LogP) is 1.84. The molecule has 1 aliphatic rings. The van der Waals surface area contributed by atoms with Crippen LogP contribution in [0, 0.1) is 0 Å². The molecule has 1 aliphatic heterocycles. The van der Waals surface area contributed by atoms with Gasteiger partial charge in [0.1, 0.15) is 11.9 Å². The van der Waals surface area contributed by atoms with Crippen LogP contribution >= 0.6 is 0 Å². The zero-order valence-corrected chi connectivity index (χ0v) is 10.2. The molecule has 0 fully saturated rings. The molecule has 92 valence electrons. The monoisotopic (exact) mass is 235 g/mol. The van der Waals surface area contributed by atoms with Crippen molar-refractivity contribution >= 4 is 11.6 Å². The minimum Gasteiger partial charge on any atom is -0.487 e. The first-order valence-electron chi connectivity index (χ1n) is 5.77. The Bertz CT molecular complexity index is 405. The third kappa shape index (κ3) is 2.58. The van der Waals surface area contributed by atoms with E-state index in [1.165, 1.54) is 0 Å². The van der Waals surface area contributed by atoms with Crippen LogP contribution in [-0.2, 0) is 9.53 Å². The first-order valence-corrected chi connectivity index (χ1v) is 5.77. The normalized spacial score (nSPS) is 18.5. The van der Waals surface area contributed by atoms with Crippen molar-refractivity contribution < 1.29 is 14.3 Å². The maximum absolute atomic E-state index is 12.1. The number of anilines is 1. The van der Waals surface area contributed by atoms with Crippen LogP contribution in [0.5, 0.6) is 5.75 Å². The van der Waals surface area contributed by atoms with Crippen LogP contribution in [-0.4, -0.2) is 32.3 Å². The van der Waals surface area contributed by atoms with E-state index in [2.05, 4.69) is 0 Å². The number of amides is 1. The van der Waals surface area contributed by atoms with Gasteiger partial charge in [-0.1, -0.05) is 12.1 Å². The Balaban J connectivity index is 2.20. The minimum absolute atomic E-state index is 0.0244. The zero-order valence-electron chi connectivity index (χ0n) is 10.2. The van der Waals surface area contributed by atoms with Crippen molar-refractivity contribution in [2.24, 2.45) is 0 Å². The van der Waals surface area contributed by atoms with E-state index in [-0.39, 0.29) is 12.0 Å². The Kier molecular flexibility index (Phi) is 3.64. The van der Waals surface area contributed by atoms with Gasteiger partial charge in [0, 0.05) is 7.11 Å². The summed E-state index contributed by atoms with van der Waals surface area (Å²) in [6.07, 6.45) is 0.425. The lowest BCUT2D eigenvalue weighted by molar-refractivity contribution is -0.119. The maximum atomic E-state index is 12.1. The molecule has 0 saturated carbocycles. The highest BCUT2D eigenvalue weighted by molar-refractivity contribution is 5.95. The Morgan fingerprint density at radius 2 is 2.29 bits per heavy atom. The Morgan fingerprint density at radius 1 is 1.53 bits per heavy atom. The van der Waals surface area contributed by atoms with Gasteiger partial charge in [-0.2, -0.15) is 0 Å². The number of methoxy groups -OCH3 is 1. The number of rotatable bonds is 3. The van der Waals surface area contributed by atoms with Gasteiger partial charge in [0.2, 0.25) is 5.91 Å². The quantitative estimate of drug-likeness (QED) is 0.802. The molecule has 1 aromatic carbocycles. The second-order valence-electron chi connectivity index (χ2n) is 4.14. The number of benzene rings is 1. The predicted molar refractivity (Wildman–Crippen MR) is 65.4 cm³/mol. The number of hydrogen-bond acceptors (Lipinski definition) is 3. The molecule has 1 amide bonds. The van der Waals surface area contributed by atoms with Gasteiger partial charge in [-0.3, -0.25) is 4.79 Å². The summed E-state index contributed by atoms with van der Waals surface area (Å²) in [6, 6.07) is 7.62. The molecule has 17 heavy (non-hydrogen) atoms. The molecule has 4 nitrogen and oxygen atoms in total. The lowest BCUT2D eigenvalue weighted by Crippen LogP contribution is -2.42. The standard InChI is InChI=1S/C13H17NO3/c1-10-9-14(13(15)7-8-16-2)11-5-3-4-6-12(11)17-10/h3-6,10H,7-9H2,1-2H3. The van der Waals surface area contributed by atoms with Crippen molar-refractivity contribution in [2.75, 3.05) is 25.2 Å². The highest BCUT2D eigenvalue weighted by Gasteiger charge is 2.26. The summed E-state index contributed by atoms with van der Waals surface area (Å²) in [5, 5.41) is 0. The number of fused-ring (bicyclic) bond motifs is 1. The Labute approximate surface area is 101 Å². The molecule has 1 aromatic rings. The second kappa shape index (κ2) is 5.19. The number of para-hydroxylation sites is 2. The fourth-order valence-electron chi connectivity index (χ4n) is 1.95. The molecule has 0 bridgehead atoms. The van der Waals surface area contributed by atoms with Gasteiger partial charge in [-0.05, 0) is 19.1 Å². The van der Waals surface area contributed by atoms with E-state index in [1.54, 1.807) is 12.0 Å². The van der Waals surface area contributed by atoms with E-state index >= 15 is 0 Å². The van der Waals surface area contributed by atoms with Crippen molar-refractivity contribution in [1.29, 1.82) is 0 Å². The summed E-state index contributed by atoms with van der Waals surface area (Å²) in [5.74, 6) is 0.853. The van der Waals surface area contributed by atoms with Gasteiger partial charge in [0.25, 0.3) is 0 Å². The minimum atomic E-state index is 0.0244. The molecule has 0 saturated heterocycles. The number of ether oxygens (including phenoxy) is 2. The van der Waals surface area contributed by atoms with E-state index in [9.17, 15) is 4.79 Å². The van der Waals surface area contributed by atoms with Crippen molar-refractivity contribution in [3.8, 4) is 5.75 Å². The third-order valence-electron chi connectivity index (χ3n) is 2.74. The van der Waals surface area contributed by atoms with Gasteiger partial charge in [-0.25, -0.2) is 0 Å². The van der Waals surface area contributed by atoms with Crippen LogP contribution in [0.25, 0.3) is 0 Å². The largest absolute Gasteiger partial charge is 0.487 e. The lowest BCUT2D eigenvalue weighted by Gasteiger charge is -2.33. The van der Waals surface area contributed by atoms with Gasteiger partial charge in [0.15, 0.2) is 0 Å². The number of nitrogens with zero attached hydrogens (tertiary/aromatic N) is 1.